The Kier molecular flexibility index (Phi) is 8.20. The Labute approximate surface area is 345 Å². The van der Waals surface area contributed by atoms with E-state index in [0.29, 0.717) is 0 Å². The lowest BCUT2D eigenvalue weighted by atomic mass is 9.79. The van der Waals surface area contributed by atoms with Crippen molar-refractivity contribution >= 4 is 39.0 Å². The van der Waals surface area contributed by atoms with Crippen LogP contribution in [-0.4, -0.2) is 0 Å². The van der Waals surface area contributed by atoms with Gasteiger partial charge in [-0.2, -0.15) is 0 Å². The minimum atomic E-state index is -0.155. The zero-order valence-corrected chi connectivity index (χ0v) is 33.1. The van der Waals surface area contributed by atoms with E-state index in [-0.39, 0.29) is 5.41 Å². The van der Waals surface area contributed by atoms with Gasteiger partial charge in [0.15, 0.2) is 0 Å². The third-order valence-corrected chi connectivity index (χ3v) is 12.3. The molecule has 2 nitrogen and oxygen atoms in total. The van der Waals surface area contributed by atoms with E-state index in [1.165, 1.54) is 50.1 Å². The molecule has 0 atom stereocenters. The average molecular weight is 756 g/mol. The van der Waals surface area contributed by atoms with Gasteiger partial charge in [-0.15, -0.1) is 0 Å². The number of benzene rings is 9. The van der Waals surface area contributed by atoms with Crippen LogP contribution in [0.2, 0.25) is 0 Å². The summed E-state index contributed by atoms with van der Waals surface area (Å²) >= 11 is 0. The summed E-state index contributed by atoms with van der Waals surface area (Å²) in [6.07, 6.45) is 0. The number of nitrogens with zero attached hydrogens (tertiary/aromatic N) is 1. The monoisotopic (exact) mass is 755 g/mol. The van der Waals surface area contributed by atoms with E-state index in [1.54, 1.807) is 0 Å². The maximum absolute atomic E-state index is 6.57. The highest BCUT2D eigenvalue weighted by atomic mass is 16.3. The van der Waals surface area contributed by atoms with Crippen molar-refractivity contribution < 1.29 is 4.42 Å². The van der Waals surface area contributed by atoms with E-state index >= 15 is 0 Å². The highest BCUT2D eigenvalue weighted by Crippen LogP contribution is 2.54. The van der Waals surface area contributed by atoms with Gasteiger partial charge in [-0.1, -0.05) is 190 Å². The van der Waals surface area contributed by atoms with Crippen LogP contribution in [0.3, 0.4) is 0 Å². The van der Waals surface area contributed by atoms with Gasteiger partial charge in [0.1, 0.15) is 11.2 Å². The molecule has 59 heavy (non-hydrogen) atoms. The second-order valence-electron chi connectivity index (χ2n) is 16.0. The van der Waals surface area contributed by atoms with Crippen molar-refractivity contribution in [1.29, 1.82) is 0 Å². The molecule has 0 unspecified atom stereocenters. The van der Waals surface area contributed by atoms with Crippen LogP contribution in [0.25, 0.3) is 77.6 Å². The smallest absolute Gasteiger partial charge is 0.137 e. The second-order valence-corrected chi connectivity index (χ2v) is 16.0. The van der Waals surface area contributed by atoms with E-state index in [0.717, 1.165) is 55.7 Å². The highest BCUT2D eigenvalue weighted by Gasteiger charge is 2.37. The molecule has 0 fully saturated rings. The number of para-hydroxylation sites is 1. The molecule has 0 amide bonds. The normalized spacial score (nSPS) is 12.7. The molecule has 1 heterocycles. The van der Waals surface area contributed by atoms with Crippen LogP contribution in [0.15, 0.2) is 217 Å². The molecule has 0 saturated heterocycles. The van der Waals surface area contributed by atoms with Crippen LogP contribution >= 0.6 is 0 Å². The maximum atomic E-state index is 6.57. The molecule has 280 valence electrons. The van der Waals surface area contributed by atoms with Crippen molar-refractivity contribution in [3.63, 3.8) is 0 Å². The van der Waals surface area contributed by atoms with Gasteiger partial charge in [-0.3, -0.25) is 0 Å². The summed E-state index contributed by atoms with van der Waals surface area (Å²) in [5, 5.41) is 2.17. The first kappa shape index (κ1) is 34.8. The first-order chi connectivity index (χ1) is 29.1. The van der Waals surface area contributed by atoms with Gasteiger partial charge in [0, 0.05) is 22.1 Å². The molecule has 1 aliphatic carbocycles. The topological polar surface area (TPSA) is 16.4 Å². The largest absolute Gasteiger partial charge is 0.456 e. The predicted molar refractivity (Wildman–Crippen MR) is 248 cm³/mol. The molecule has 0 bridgehead atoms. The Morgan fingerprint density at radius 2 is 0.932 bits per heavy atom. The Morgan fingerprint density at radius 3 is 1.75 bits per heavy atom. The van der Waals surface area contributed by atoms with Crippen molar-refractivity contribution in [2.75, 3.05) is 4.90 Å². The summed E-state index contributed by atoms with van der Waals surface area (Å²) < 4.78 is 6.57. The third-order valence-electron chi connectivity index (χ3n) is 12.3. The molecule has 0 radical (unpaired) electrons. The van der Waals surface area contributed by atoms with Gasteiger partial charge in [-0.05, 0) is 97.6 Å². The zero-order valence-electron chi connectivity index (χ0n) is 33.1. The van der Waals surface area contributed by atoms with Gasteiger partial charge >= 0.3 is 0 Å². The number of hydrogen-bond donors (Lipinski definition) is 0. The van der Waals surface area contributed by atoms with Crippen molar-refractivity contribution in [3.8, 4) is 55.6 Å². The van der Waals surface area contributed by atoms with E-state index in [9.17, 15) is 0 Å². The molecule has 1 aliphatic rings. The van der Waals surface area contributed by atoms with Gasteiger partial charge < -0.3 is 9.32 Å². The van der Waals surface area contributed by atoms with Crippen molar-refractivity contribution in [2.45, 2.75) is 19.3 Å². The third kappa shape index (κ3) is 5.63. The first-order valence-corrected chi connectivity index (χ1v) is 20.4. The fraction of sp³-hybridized carbons (Fsp3) is 0.0526. The molecule has 10 aromatic rings. The molecule has 0 N–H and O–H groups in total. The molecule has 2 heteroatoms. The van der Waals surface area contributed by atoms with Gasteiger partial charge in [-0.25, -0.2) is 0 Å². The van der Waals surface area contributed by atoms with Crippen LogP contribution in [0.1, 0.15) is 25.0 Å². The highest BCUT2D eigenvalue weighted by molar-refractivity contribution is 6.14. The maximum Gasteiger partial charge on any atom is 0.137 e. The van der Waals surface area contributed by atoms with Crippen molar-refractivity contribution in [2.24, 2.45) is 0 Å². The molecule has 1 aromatic heterocycles. The van der Waals surface area contributed by atoms with Crippen LogP contribution in [0.4, 0.5) is 17.1 Å². The molecular formula is C57H41NO. The lowest BCUT2D eigenvalue weighted by Gasteiger charge is -2.31. The molecular weight excluding hydrogens is 715 g/mol. The summed E-state index contributed by atoms with van der Waals surface area (Å²) in [7, 11) is 0. The van der Waals surface area contributed by atoms with Crippen LogP contribution < -0.4 is 4.90 Å². The van der Waals surface area contributed by atoms with E-state index in [2.05, 4.69) is 225 Å². The van der Waals surface area contributed by atoms with E-state index < -0.39 is 0 Å². The molecule has 9 aromatic carbocycles. The van der Waals surface area contributed by atoms with Gasteiger partial charge in [0.25, 0.3) is 0 Å². The SMILES string of the molecule is CC1(C)c2ccccc2-c2cccc(-c3cccc(N(c4cccc(-c5ccccc5)c4-c4ccccc4-c4ccccc4)c4cccc5oc6ccccc6c45)c3)c21. The Balaban J connectivity index is 1.22. The van der Waals surface area contributed by atoms with Crippen molar-refractivity contribution in [1.82, 2.24) is 0 Å². The second kappa shape index (κ2) is 13.9. The summed E-state index contributed by atoms with van der Waals surface area (Å²) in [5.41, 5.74) is 19.6. The number of fused-ring (bicyclic) bond motifs is 6. The van der Waals surface area contributed by atoms with E-state index in [1.807, 2.05) is 6.07 Å². The molecule has 11 rings (SSSR count). The predicted octanol–water partition coefficient (Wildman–Crippen LogP) is 16.0. The van der Waals surface area contributed by atoms with Crippen LogP contribution in [-0.2, 0) is 5.41 Å². The summed E-state index contributed by atoms with van der Waals surface area (Å²) in [4.78, 5) is 2.47. The molecule has 0 aliphatic heterocycles. The van der Waals surface area contributed by atoms with Crippen molar-refractivity contribution in [3.05, 3.63) is 223 Å². The zero-order chi connectivity index (χ0) is 39.5. The van der Waals surface area contributed by atoms with Crippen LogP contribution in [0.5, 0.6) is 0 Å². The standard InChI is InChI=1S/C57H41NO/c1-57(2)49-32-13-11-26-45(49)47-31-16-30-44(56(47)57)40-23-15-24-41(37-40)58(51-34-18-36-53-55(51)48-28-12-14-35-52(48)59-53)50-33-17-29-43(39-21-7-4-8-22-39)54(50)46-27-10-9-25-42(46)38-19-5-3-6-20-38/h3-37H,1-2H3. The first-order valence-electron chi connectivity index (χ1n) is 20.4. The Morgan fingerprint density at radius 1 is 0.390 bits per heavy atom. The number of furan rings is 1. The van der Waals surface area contributed by atoms with Gasteiger partial charge in [0.05, 0.1) is 16.8 Å². The molecule has 0 spiro atoms. The fourth-order valence-corrected chi connectivity index (χ4v) is 9.69. The minimum absolute atomic E-state index is 0.155. The lowest BCUT2D eigenvalue weighted by molar-refractivity contribution is 0.662. The Bertz CT molecular complexity index is 3190. The number of anilines is 3. The summed E-state index contributed by atoms with van der Waals surface area (Å²) in [6.45, 7) is 4.74. The van der Waals surface area contributed by atoms with Gasteiger partial charge in [0.2, 0.25) is 0 Å². The summed E-state index contributed by atoms with van der Waals surface area (Å²) in [5.74, 6) is 0. The minimum Gasteiger partial charge on any atom is -0.456 e. The average Bonchev–Trinajstić information content (AvgIpc) is 3.80. The fourth-order valence-electron chi connectivity index (χ4n) is 9.69. The molecule has 0 saturated carbocycles. The Hall–Kier alpha value is -7.42. The van der Waals surface area contributed by atoms with Crippen LogP contribution in [0, 0.1) is 0 Å². The number of rotatable bonds is 7. The summed E-state index contributed by atoms with van der Waals surface area (Å²) in [6, 6.07) is 76.9. The number of hydrogen-bond acceptors (Lipinski definition) is 2. The van der Waals surface area contributed by atoms with E-state index in [4.69, 9.17) is 4.42 Å². The quantitative estimate of drug-likeness (QED) is 0.161. The lowest BCUT2D eigenvalue weighted by Crippen LogP contribution is -2.16.